The van der Waals surface area contributed by atoms with Crippen LogP contribution in [0.3, 0.4) is 0 Å². The molecule has 146 valence electrons. The molecular formula is C22H19N3O3S. The van der Waals surface area contributed by atoms with Crippen LogP contribution >= 0.6 is 11.8 Å². The Balaban J connectivity index is 1.30. The lowest BCUT2D eigenvalue weighted by atomic mass is 10.0. The molecule has 1 N–H and O–H groups in total. The number of nitrogens with one attached hydrogen (secondary N) is 1. The maximum absolute atomic E-state index is 12.3. The molecule has 0 radical (unpaired) electrons. The Bertz CT molecular complexity index is 1060. The van der Waals surface area contributed by atoms with E-state index < -0.39 is 0 Å². The molecule has 0 fully saturated rings. The predicted octanol–water partition coefficient (Wildman–Crippen LogP) is 4.97. The van der Waals surface area contributed by atoms with Crippen LogP contribution in [0.5, 0.6) is 0 Å². The summed E-state index contributed by atoms with van der Waals surface area (Å²) < 4.78 is 10.7. The summed E-state index contributed by atoms with van der Waals surface area (Å²) in [5.74, 6) is 0.880. The van der Waals surface area contributed by atoms with Crippen LogP contribution in [0.2, 0.25) is 0 Å². The van der Waals surface area contributed by atoms with Gasteiger partial charge in [-0.25, -0.2) is 0 Å². The van der Waals surface area contributed by atoms with Crippen molar-refractivity contribution in [1.82, 2.24) is 15.5 Å². The normalized spacial score (nSPS) is 11.9. The summed E-state index contributed by atoms with van der Waals surface area (Å²) >= 11 is 1.19. The number of thioether (sulfide) groups is 1. The molecule has 2 heterocycles. The third-order valence-corrected chi connectivity index (χ3v) is 5.18. The molecule has 2 aromatic heterocycles. The number of carbonyl (C=O) groups is 1. The van der Waals surface area contributed by atoms with Gasteiger partial charge in [0.1, 0.15) is 0 Å². The number of amides is 1. The molecule has 7 heteroatoms. The molecule has 0 aliphatic heterocycles. The van der Waals surface area contributed by atoms with E-state index in [1.807, 2.05) is 37.3 Å². The molecule has 0 saturated carbocycles. The van der Waals surface area contributed by atoms with Crippen LogP contribution in [-0.2, 0) is 4.79 Å². The Kier molecular flexibility index (Phi) is 5.76. The molecule has 1 amide bonds. The third-order valence-electron chi connectivity index (χ3n) is 4.36. The van der Waals surface area contributed by atoms with Crippen LogP contribution in [0.25, 0.3) is 22.8 Å². The fraction of sp³-hybridized carbons (Fsp3) is 0.136. The first kappa shape index (κ1) is 19.0. The van der Waals surface area contributed by atoms with Gasteiger partial charge in [-0.15, -0.1) is 10.2 Å². The van der Waals surface area contributed by atoms with Crippen molar-refractivity contribution in [2.45, 2.75) is 18.2 Å². The lowest BCUT2D eigenvalue weighted by molar-refractivity contribution is -0.119. The second kappa shape index (κ2) is 8.79. The van der Waals surface area contributed by atoms with Crippen molar-refractivity contribution in [3.05, 3.63) is 78.6 Å². The second-order valence-electron chi connectivity index (χ2n) is 6.42. The summed E-state index contributed by atoms with van der Waals surface area (Å²) in [5, 5.41) is 11.2. The van der Waals surface area contributed by atoms with Crippen molar-refractivity contribution in [3.63, 3.8) is 0 Å². The lowest BCUT2D eigenvalue weighted by Crippen LogP contribution is -2.28. The molecule has 0 aliphatic rings. The molecule has 2 aromatic carbocycles. The minimum Gasteiger partial charge on any atom is -0.459 e. The maximum atomic E-state index is 12.3. The Hall–Kier alpha value is -3.32. The van der Waals surface area contributed by atoms with Crippen LogP contribution in [0.1, 0.15) is 18.5 Å². The standard InChI is InChI=1S/C22H19N3O3S/c1-15(16-9-11-18(12-10-16)17-6-3-2-4-7-17)23-20(26)14-29-22-25-24-21(28-22)19-8-5-13-27-19/h2-13,15H,14H2,1H3,(H,23,26)/t15-/m1/s1. The van der Waals surface area contributed by atoms with Crippen LogP contribution in [-0.4, -0.2) is 21.9 Å². The molecule has 1 atom stereocenters. The number of carbonyl (C=O) groups excluding carboxylic acids is 1. The van der Waals surface area contributed by atoms with E-state index in [-0.39, 0.29) is 17.7 Å². The number of benzene rings is 2. The third kappa shape index (κ3) is 4.75. The van der Waals surface area contributed by atoms with Gasteiger partial charge < -0.3 is 14.2 Å². The first-order valence-electron chi connectivity index (χ1n) is 9.14. The smallest absolute Gasteiger partial charge is 0.284 e. The number of hydrogen-bond acceptors (Lipinski definition) is 6. The van der Waals surface area contributed by atoms with Gasteiger partial charge in [0.25, 0.3) is 11.1 Å². The summed E-state index contributed by atoms with van der Waals surface area (Å²) in [6.45, 7) is 1.96. The van der Waals surface area contributed by atoms with Gasteiger partial charge in [0.05, 0.1) is 18.1 Å². The van der Waals surface area contributed by atoms with Crippen LogP contribution < -0.4 is 5.32 Å². The Labute approximate surface area is 172 Å². The second-order valence-corrected chi connectivity index (χ2v) is 7.34. The van der Waals surface area contributed by atoms with Gasteiger partial charge in [-0.3, -0.25) is 4.79 Å². The van der Waals surface area contributed by atoms with Gasteiger partial charge in [-0.2, -0.15) is 0 Å². The van der Waals surface area contributed by atoms with E-state index in [2.05, 4.69) is 39.8 Å². The number of aromatic nitrogens is 2. The van der Waals surface area contributed by atoms with Crippen molar-refractivity contribution >= 4 is 17.7 Å². The van der Waals surface area contributed by atoms with E-state index in [0.717, 1.165) is 11.1 Å². The zero-order chi connectivity index (χ0) is 20.1. The zero-order valence-corrected chi connectivity index (χ0v) is 16.6. The van der Waals surface area contributed by atoms with Crippen molar-refractivity contribution in [2.24, 2.45) is 0 Å². The Morgan fingerprint density at radius 2 is 1.76 bits per heavy atom. The average molecular weight is 405 g/mol. The number of furan rings is 1. The molecule has 29 heavy (non-hydrogen) atoms. The SMILES string of the molecule is C[C@@H](NC(=O)CSc1nnc(-c2ccco2)o1)c1ccc(-c2ccccc2)cc1. The summed E-state index contributed by atoms with van der Waals surface area (Å²) in [4.78, 5) is 12.3. The number of nitrogens with zero attached hydrogens (tertiary/aromatic N) is 2. The van der Waals surface area contributed by atoms with E-state index >= 15 is 0 Å². The summed E-state index contributed by atoms with van der Waals surface area (Å²) in [6, 6.07) is 21.8. The Morgan fingerprint density at radius 3 is 2.48 bits per heavy atom. The van der Waals surface area contributed by atoms with Crippen molar-refractivity contribution in [1.29, 1.82) is 0 Å². The number of rotatable bonds is 7. The van der Waals surface area contributed by atoms with Gasteiger partial charge in [0.15, 0.2) is 5.76 Å². The summed E-state index contributed by atoms with van der Waals surface area (Å²) in [5.41, 5.74) is 3.36. The van der Waals surface area contributed by atoms with Gasteiger partial charge in [0.2, 0.25) is 5.91 Å². The minimum absolute atomic E-state index is 0.103. The van der Waals surface area contributed by atoms with E-state index in [9.17, 15) is 4.79 Å². The van der Waals surface area contributed by atoms with Crippen molar-refractivity contribution < 1.29 is 13.6 Å². The largest absolute Gasteiger partial charge is 0.459 e. The summed E-state index contributed by atoms with van der Waals surface area (Å²) in [7, 11) is 0. The molecule has 0 unspecified atom stereocenters. The molecule has 4 aromatic rings. The first-order chi connectivity index (χ1) is 14.2. The van der Waals surface area contributed by atoms with Gasteiger partial charge in [0, 0.05) is 0 Å². The van der Waals surface area contributed by atoms with Crippen molar-refractivity contribution in [2.75, 3.05) is 5.75 Å². The van der Waals surface area contributed by atoms with Crippen molar-refractivity contribution in [3.8, 4) is 22.8 Å². The maximum Gasteiger partial charge on any atom is 0.284 e. The molecule has 0 bridgehead atoms. The van der Waals surface area contributed by atoms with E-state index in [0.29, 0.717) is 16.9 Å². The highest BCUT2D eigenvalue weighted by Crippen LogP contribution is 2.24. The molecule has 0 aliphatic carbocycles. The fourth-order valence-corrected chi connectivity index (χ4v) is 3.43. The monoisotopic (exact) mass is 405 g/mol. The highest BCUT2D eigenvalue weighted by Gasteiger charge is 2.14. The van der Waals surface area contributed by atoms with E-state index in [1.54, 1.807) is 12.1 Å². The fourth-order valence-electron chi connectivity index (χ4n) is 2.86. The quantitative estimate of drug-likeness (QED) is 0.437. The first-order valence-corrected chi connectivity index (χ1v) is 10.1. The molecule has 4 rings (SSSR count). The predicted molar refractivity (Wildman–Crippen MR) is 111 cm³/mol. The highest BCUT2D eigenvalue weighted by molar-refractivity contribution is 7.99. The molecule has 6 nitrogen and oxygen atoms in total. The highest BCUT2D eigenvalue weighted by atomic mass is 32.2. The number of hydrogen-bond donors (Lipinski definition) is 1. The topological polar surface area (TPSA) is 81.2 Å². The van der Waals surface area contributed by atoms with Crippen LogP contribution in [0.4, 0.5) is 0 Å². The molecule has 0 saturated heterocycles. The van der Waals surface area contributed by atoms with E-state index in [4.69, 9.17) is 8.83 Å². The van der Waals surface area contributed by atoms with Gasteiger partial charge in [-0.05, 0) is 35.7 Å². The average Bonchev–Trinajstić information content (AvgIpc) is 3.45. The lowest BCUT2D eigenvalue weighted by Gasteiger charge is -2.14. The minimum atomic E-state index is -0.104. The summed E-state index contributed by atoms with van der Waals surface area (Å²) in [6.07, 6.45) is 1.54. The molecule has 0 spiro atoms. The Morgan fingerprint density at radius 1 is 1.00 bits per heavy atom. The molecular weight excluding hydrogens is 386 g/mol. The van der Waals surface area contributed by atoms with Crippen LogP contribution in [0, 0.1) is 0 Å². The van der Waals surface area contributed by atoms with Crippen LogP contribution in [0.15, 0.2) is 87.1 Å². The zero-order valence-electron chi connectivity index (χ0n) is 15.7. The van der Waals surface area contributed by atoms with Gasteiger partial charge >= 0.3 is 0 Å². The van der Waals surface area contributed by atoms with E-state index in [1.165, 1.54) is 23.6 Å². The van der Waals surface area contributed by atoms with Gasteiger partial charge in [-0.1, -0.05) is 66.4 Å².